The van der Waals surface area contributed by atoms with E-state index in [1.54, 1.807) is 18.2 Å². The van der Waals surface area contributed by atoms with Crippen LogP contribution in [0.2, 0.25) is 5.02 Å². The van der Waals surface area contributed by atoms with Gasteiger partial charge in [-0.15, -0.1) is 0 Å². The molecule has 0 atom stereocenters. The van der Waals surface area contributed by atoms with E-state index in [1.807, 2.05) is 12.1 Å². The van der Waals surface area contributed by atoms with Crippen molar-refractivity contribution in [2.24, 2.45) is 0 Å². The van der Waals surface area contributed by atoms with E-state index in [9.17, 15) is 9.18 Å². The summed E-state index contributed by atoms with van der Waals surface area (Å²) in [5.74, 6) is -1.02. The van der Waals surface area contributed by atoms with Crippen LogP contribution in [0.15, 0.2) is 42.5 Å². The van der Waals surface area contributed by atoms with Gasteiger partial charge in [0, 0.05) is 5.56 Å². The van der Waals surface area contributed by atoms with Gasteiger partial charge in [-0.1, -0.05) is 62.7 Å². The predicted octanol–water partition coefficient (Wildman–Crippen LogP) is 5.01. The molecule has 2 aromatic carbocycles. The molecule has 0 radical (unpaired) electrons. The highest BCUT2D eigenvalue weighted by atomic mass is 35.5. The summed E-state index contributed by atoms with van der Waals surface area (Å²) in [5.41, 5.74) is 1.60. The molecule has 0 unspecified atom stereocenters. The molecule has 0 heterocycles. The standard InChI is InChI=1S/C17H16ClFO/c1-17(2,3)12-9-7-11(8-10-12)16(20)13-5-4-6-14(18)15(13)19/h4-10H,1-3H3. The molecule has 20 heavy (non-hydrogen) atoms. The van der Waals surface area contributed by atoms with E-state index in [0.29, 0.717) is 5.56 Å². The summed E-state index contributed by atoms with van der Waals surface area (Å²) in [6.45, 7) is 6.29. The summed E-state index contributed by atoms with van der Waals surface area (Å²) >= 11 is 5.70. The number of rotatable bonds is 2. The van der Waals surface area contributed by atoms with E-state index >= 15 is 0 Å². The van der Waals surface area contributed by atoms with Crippen molar-refractivity contribution in [1.29, 1.82) is 0 Å². The predicted molar refractivity (Wildman–Crippen MR) is 80.0 cm³/mol. The lowest BCUT2D eigenvalue weighted by Crippen LogP contribution is -2.11. The number of halogens is 2. The molecular formula is C17H16ClFO. The lowest BCUT2D eigenvalue weighted by atomic mass is 9.86. The van der Waals surface area contributed by atoms with Crippen LogP contribution in [0.5, 0.6) is 0 Å². The van der Waals surface area contributed by atoms with Gasteiger partial charge in [0.1, 0.15) is 0 Å². The average molecular weight is 291 g/mol. The third kappa shape index (κ3) is 2.91. The summed E-state index contributed by atoms with van der Waals surface area (Å²) in [6, 6.07) is 11.7. The Morgan fingerprint density at radius 2 is 1.65 bits per heavy atom. The second-order valence-electron chi connectivity index (χ2n) is 5.76. The van der Waals surface area contributed by atoms with Gasteiger partial charge in [-0.3, -0.25) is 4.79 Å². The number of benzene rings is 2. The van der Waals surface area contributed by atoms with E-state index < -0.39 is 5.82 Å². The third-order valence-corrected chi connectivity index (χ3v) is 3.50. The van der Waals surface area contributed by atoms with Gasteiger partial charge < -0.3 is 0 Å². The second kappa shape index (κ2) is 5.37. The van der Waals surface area contributed by atoms with Gasteiger partial charge >= 0.3 is 0 Å². The van der Waals surface area contributed by atoms with E-state index in [-0.39, 0.29) is 21.8 Å². The molecular weight excluding hydrogens is 275 g/mol. The first-order valence-corrected chi connectivity index (χ1v) is 6.78. The normalized spacial score (nSPS) is 11.4. The minimum Gasteiger partial charge on any atom is -0.288 e. The highest BCUT2D eigenvalue weighted by Gasteiger charge is 2.18. The lowest BCUT2D eigenvalue weighted by molar-refractivity contribution is 0.103. The van der Waals surface area contributed by atoms with Crippen LogP contribution < -0.4 is 0 Å². The largest absolute Gasteiger partial charge is 0.288 e. The summed E-state index contributed by atoms with van der Waals surface area (Å²) in [5, 5.41) is -0.0397. The molecule has 0 aliphatic heterocycles. The number of hydrogen-bond acceptors (Lipinski definition) is 1. The minimum atomic E-state index is -0.668. The highest BCUT2D eigenvalue weighted by molar-refractivity contribution is 6.31. The van der Waals surface area contributed by atoms with Gasteiger partial charge in [0.25, 0.3) is 0 Å². The Hall–Kier alpha value is -1.67. The molecule has 0 saturated heterocycles. The van der Waals surface area contributed by atoms with Gasteiger partial charge in [0.15, 0.2) is 11.6 Å². The maximum Gasteiger partial charge on any atom is 0.196 e. The van der Waals surface area contributed by atoms with Crippen molar-refractivity contribution < 1.29 is 9.18 Å². The Bertz CT molecular complexity index is 639. The average Bonchev–Trinajstić information content (AvgIpc) is 2.40. The van der Waals surface area contributed by atoms with Crippen molar-refractivity contribution in [3.8, 4) is 0 Å². The molecule has 0 aliphatic carbocycles. The first-order chi connectivity index (χ1) is 9.30. The van der Waals surface area contributed by atoms with Crippen LogP contribution in [0.3, 0.4) is 0 Å². The summed E-state index contributed by atoms with van der Waals surface area (Å²) in [7, 11) is 0. The Morgan fingerprint density at radius 1 is 1.05 bits per heavy atom. The van der Waals surface area contributed by atoms with Gasteiger partial charge in [0.05, 0.1) is 10.6 Å². The van der Waals surface area contributed by atoms with E-state index in [4.69, 9.17) is 11.6 Å². The topological polar surface area (TPSA) is 17.1 Å². The highest BCUT2D eigenvalue weighted by Crippen LogP contribution is 2.24. The summed E-state index contributed by atoms with van der Waals surface area (Å²) in [4.78, 5) is 12.3. The fourth-order valence-corrected chi connectivity index (χ4v) is 2.13. The molecule has 2 rings (SSSR count). The quantitative estimate of drug-likeness (QED) is 0.711. The molecule has 0 aliphatic rings. The van der Waals surface area contributed by atoms with Gasteiger partial charge in [-0.25, -0.2) is 4.39 Å². The van der Waals surface area contributed by atoms with Crippen LogP contribution >= 0.6 is 11.6 Å². The van der Waals surface area contributed by atoms with Crippen LogP contribution in [0.4, 0.5) is 4.39 Å². The Balaban J connectivity index is 2.37. The molecule has 104 valence electrons. The molecule has 0 saturated carbocycles. The molecule has 0 amide bonds. The SMILES string of the molecule is CC(C)(C)c1ccc(C(=O)c2cccc(Cl)c2F)cc1. The Morgan fingerprint density at radius 3 is 2.20 bits per heavy atom. The van der Waals surface area contributed by atoms with Crippen LogP contribution in [0, 0.1) is 5.82 Å². The maximum atomic E-state index is 13.9. The zero-order valence-electron chi connectivity index (χ0n) is 11.7. The van der Waals surface area contributed by atoms with Crippen molar-refractivity contribution in [2.45, 2.75) is 26.2 Å². The second-order valence-corrected chi connectivity index (χ2v) is 6.17. The Kier molecular flexibility index (Phi) is 3.96. The zero-order valence-corrected chi connectivity index (χ0v) is 12.5. The van der Waals surface area contributed by atoms with Gasteiger partial charge in [0.2, 0.25) is 0 Å². The molecule has 2 aromatic rings. The van der Waals surface area contributed by atoms with Crippen molar-refractivity contribution in [3.63, 3.8) is 0 Å². The van der Waals surface area contributed by atoms with Crippen LogP contribution in [0.1, 0.15) is 42.3 Å². The first-order valence-electron chi connectivity index (χ1n) is 6.40. The fraction of sp³-hybridized carbons (Fsp3) is 0.235. The number of carbonyl (C=O) groups excluding carboxylic acids is 1. The maximum absolute atomic E-state index is 13.9. The van der Waals surface area contributed by atoms with Gasteiger partial charge in [-0.05, 0) is 23.1 Å². The molecule has 0 N–H and O–H groups in total. The summed E-state index contributed by atoms with van der Waals surface area (Å²) in [6.07, 6.45) is 0. The molecule has 1 nitrogen and oxygen atoms in total. The fourth-order valence-electron chi connectivity index (χ4n) is 1.96. The number of ketones is 1. The van der Waals surface area contributed by atoms with Gasteiger partial charge in [-0.2, -0.15) is 0 Å². The Labute approximate surface area is 123 Å². The molecule has 0 spiro atoms. The molecule has 0 bridgehead atoms. The van der Waals surface area contributed by atoms with E-state index in [2.05, 4.69) is 20.8 Å². The number of carbonyl (C=O) groups is 1. The van der Waals surface area contributed by atoms with Crippen molar-refractivity contribution in [2.75, 3.05) is 0 Å². The third-order valence-electron chi connectivity index (χ3n) is 3.21. The summed E-state index contributed by atoms with van der Waals surface area (Å²) < 4.78 is 13.9. The van der Waals surface area contributed by atoms with Crippen LogP contribution in [-0.4, -0.2) is 5.78 Å². The number of hydrogen-bond donors (Lipinski definition) is 0. The smallest absolute Gasteiger partial charge is 0.196 e. The van der Waals surface area contributed by atoms with Crippen molar-refractivity contribution in [3.05, 3.63) is 70.0 Å². The molecule has 0 aromatic heterocycles. The first kappa shape index (κ1) is 14.7. The van der Waals surface area contributed by atoms with Crippen molar-refractivity contribution >= 4 is 17.4 Å². The van der Waals surface area contributed by atoms with Crippen LogP contribution in [-0.2, 0) is 5.41 Å². The molecule has 3 heteroatoms. The minimum absolute atomic E-state index is 0.000934. The monoisotopic (exact) mass is 290 g/mol. The van der Waals surface area contributed by atoms with Crippen molar-refractivity contribution in [1.82, 2.24) is 0 Å². The molecule has 0 fully saturated rings. The zero-order chi connectivity index (χ0) is 14.9. The van der Waals surface area contributed by atoms with E-state index in [0.717, 1.165) is 5.56 Å². The lowest BCUT2D eigenvalue weighted by Gasteiger charge is -2.19. The van der Waals surface area contributed by atoms with Crippen LogP contribution in [0.25, 0.3) is 0 Å². The van der Waals surface area contributed by atoms with E-state index in [1.165, 1.54) is 12.1 Å².